The molecule has 0 unspecified atom stereocenters. The number of rotatable bonds is 3. The van der Waals surface area contributed by atoms with Gasteiger partial charge in [-0.05, 0) is 46.6 Å². The second kappa shape index (κ2) is 4.87. The molecule has 0 bridgehead atoms. The molecule has 0 spiro atoms. The molecule has 2 aromatic rings. The third kappa shape index (κ3) is 2.00. The normalized spacial score (nSPS) is 11.4. The van der Waals surface area contributed by atoms with Crippen molar-refractivity contribution in [2.24, 2.45) is 0 Å². The molecule has 2 rings (SSSR count). The lowest BCUT2D eigenvalue weighted by Crippen LogP contribution is -2.03. The number of pyridine rings is 1. The Labute approximate surface area is 119 Å². The van der Waals surface area contributed by atoms with Crippen LogP contribution < -0.4 is 0 Å². The third-order valence-corrected chi connectivity index (χ3v) is 4.00. The predicted octanol–water partition coefficient (Wildman–Crippen LogP) is 3.32. The fourth-order valence-electron chi connectivity index (χ4n) is 2.15. The highest BCUT2D eigenvalue weighted by Gasteiger charge is 2.23. The molecular formula is C13H15IN2O2. The first-order valence-corrected chi connectivity index (χ1v) is 6.98. The van der Waals surface area contributed by atoms with E-state index in [1.165, 1.54) is 0 Å². The quantitative estimate of drug-likeness (QED) is 0.857. The van der Waals surface area contributed by atoms with Crippen LogP contribution in [0.4, 0.5) is 0 Å². The number of aryl methyl sites for hydroxylation is 1. The number of carboxylic acids is 1. The van der Waals surface area contributed by atoms with Gasteiger partial charge in [0.2, 0.25) is 0 Å². The van der Waals surface area contributed by atoms with E-state index in [1.54, 1.807) is 4.52 Å². The number of hydrogen-bond acceptors (Lipinski definition) is 2. The molecule has 2 heterocycles. The van der Waals surface area contributed by atoms with Crippen molar-refractivity contribution < 1.29 is 9.90 Å². The van der Waals surface area contributed by atoms with Gasteiger partial charge in [-0.25, -0.2) is 9.31 Å². The van der Waals surface area contributed by atoms with E-state index in [9.17, 15) is 9.90 Å². The Bertz CT molecular complexity index is 617. The van der Waals surface area contributed by atoms with Crippen molar-refractivity contribution in [2.75, 3.05) is 0 Å². The van der Waals surface area contributed by atoms with Crippen molar-refractivity contribution in [1.82, 2.24) is 9.61 Å². The van der Waals surface area contributed by atoms with E-state index in [-0.39, 0.29) is 5.92 Å². The maximum atomic E-state index is 11.5. The maximum absolute atomic E-state index is 11.5. The number of aromatic nitrogens is 2. The van der Waals surface area contributed by atoms with Gasteiger partial charge in [-0.2, -0.15) is 5.10 Å². The van der Waals surface area contributed by atoms with E-state index in [4.69, 9.17) is 0 Å². The second-order valence-corrected chi connectivity index (χ2v) is 5.67. The molecule has 4 nitrogen and oxygen atoms in total. The number of halogens is 1. The first-order valence-electron chi connectivity index (χ1n) is 5.90. The molecule has 0 radical (unpaired) electrons. The van der Waals surface area contributed by atoms with E-state index in [0.717, 1.165) is 21.1 Å². The highest BCUT2D eigenvalue weighted by molar-refractivity contribution is 14.1. The first-order chi connectivity index (χ1) is 8.47. The first kappa shape index (κ1) is 13.3. The Balaban J connectivity index is 2.92. The van der Waals surface area contributed by atoms with Gasteiger partial charge in [0.25, 0.3) is 0 Å². The van der Waals surface area contributed by atoms with Crippen molar-refractivity contribution in [2.45, 2.75) is 33.1 Å². The number of fused-ring (bicyclic) bond motifs is 1. The highest BCUT2D eigenvalue weighted by atomic mass is 127. The van der Waals surface area contributed by atoms with Gasteiger partial charge in [0.1, 0.15) is 5.56 Å². The van der Waals surface area contributed by atoms with Gasteiger partial charge in [0.15, 0.2) is 0 Å². The van der Waals surface area contributed by atoms with E-state index < -0.39 is 5.97 Å². The molecule has 5 heteroatoms. The van der Waals surface area contributed by atoms with Crippen molar-refractivity contribution >= 4 is 34.1 Å². The molecule has 0 aromatic carbocycles. The SMILES string of the molecule is CCc1c(I)ccn2nc(C(C)C)c(C(=O)O)c12. The summed E-state index contributed by atoms with van der Waals surface area (Å²) in [5.41, 5.74) is 2.79. The zero-order valence-electron chi connectivity index (χ0n) is 10.6. The molecule has 18 heavy (non-hydrogen) atoms. The fourth-order valence-corrected chi connectivity index (χ4v) is 2.95. The monoisotopic (exact) mass is 358 g/mol. The Morgan fingerprint density at radius 1 is 1.56 bits per heavy atom. The van der Waals surface area contributed by atoms with Crippen LogP contribution in [0.15, 0.2) is 12.3 Å². The van der Waals surface area contributed by atoms with Crippen LogP contribution in [0.1, 0.15) is 48.3 Å². The van der Waals surface area contributed by atoms with E-state index >= 15 is 0 Å². The molecule has 0 aliphatic rings. The van der Waals surface area contributed by atoms with Crippen LogP contribution in [0.3, 0.4) is 0 Å². The summed E-state index contributed by atoms with van der Waals surface area (Å²) in [4.78, 5) is 11.5. The minimum Gasteiger partial charge on any atom is -0.478 e. The molecule has 0 fully saturated rings. The van der Waals surface area contributed by atoms with Crippen LogP contribution >= 0.6 is 22.6 Å². The second-order valence-electron chi connectivity index (χ2n) is 4.51. The molecule has 0 amide bonds. The summed E-state index contributed by atoms with van der Waals surface area (Å²) < 4.78 is 2.78. The van der Waals surface area contributed by atoms with Gasteiger partial charge in [0.05, 0.1) is 11.2 Å². The summed E-state index contributed by atoms with van der Waals surface area (Å²) in [7, 11) is 0. The fraction of sp³-hybridized carbons (Fsp3) is 0.385. The average Bonchev–Trinajstić information content (AvgIpc) is 2.68. The molecule has 0 saturated heterocycles. The topological polar surface area (TPSA) is 54.6 Å². The maximum Gasteiger partial charge on any atom is 0.339 e. The molecule has 0 atom stereocenters. The Morgan fingerprint density at radius 2 is 2.22 bits per heavy atom. The van der Waals surface area contributed by atoms with Gasteiger partial charge in [-0.15, -0.1) is 0 Å². The highest BCUT2D eigenvalue weighted by Crippen LogP contribution is 2.28. The van der Waals surface area contributed by atoms with Crippen LogP contribution in [0.2, 0.25) is 0 Å². The molecule has 2 aromatic heterocycles. The van der Waals surface area contributed by atoms with E-state index in [2.05, 4.69) is 27.7 Å². The van der Waals surface area contributed by atoms with E-state index in [0.29, 0.717) is 11.3 Å². The minimum absolute atomic E-state index is 0.0957. The Hall–Kier alpha value is -1.11. The summed E-state index contributed by atoms with van der Waals surface area (Å²) in [6, 6.07) is 1.97. The minimum atomic E-state index is -0.898. The Kier molecular flexibility index (Phi) is 3.61. The van der Waals surface area contributed by atoms with Crippen molar-refractivity contribution in [3.8, 4) is 0 Å². The number of carbonyl (C=O) groups is 1. The third-order valence-electron chi connectivity index (χ3n) is 2.99. The lowest BCUT2D eigenvalue weighted by atomic mass is 10.0. The van der Waals surface area contributed by atoms with Crippen LogP contribution in [-0.2, 0) is 6.42 Å². The summed E-state index contributed by atoms with van der Waals surface area (Å²) in [6.45, 7) is 5.96. The molecular weight excluding hydrogens is 343 g/mol. The Morgan fingerprint density at radius 3 is 2.72 bits per heavy atom. The largest absolute Gasteiger partial charge is 0.478 e. The number of carboxylic acid groups (broad SMARTS) is 1. The smallest absolute Gasteiger partial charge is 0.339 e. The molecule has 0 aliphatic carbocycles. The van der Waals surface area contributed by atoms with Gasteiger partial charge >= 0.3 is 5.97 Å². The lowest BCUT2D eigenvalue weighted by Gasteiger charge is -2.05. The number of aromatic carboxylic acids is 1. The van der Waals surface area contributed by atoms with Crippen LogP contribution in [-0.4, -0.2) is 20.7 Å². The van der Waals surface area contributed by atoms with Crippen molar-refractivity contribution in [3.63, 3.8) is 0 Å². The molecule has 0 aliphatic heterocycles. The zero-order chi connectivity index (χ0) is 13.4. The van der Waals surface area contributed by atoms with Gasteiger partial charge in [-0.3, -0.25) is 0 Å². The molecule has 96 valence electrons. The average molecular weight is 358 g/mol. The van der Waals surface area contributed by atoms with Gasteiger partial charge in [0, 0.05) is 9.77 Å². The van der Waals surface area contributed by atoms with Crippen molar-refractivity contribution in [1.29, 1.82) is 0 Å². The van der Waals surface area contributed by atoms with Gasteiger partial charge < -0.3 is 5.11 Å². The van der Waals surface area contributed by atoms with E-state index in [1.807, 2.05) is 33.0 Å². The standard InChI is InChI=1S/C13H15IN2O2/c1-4-8-9(14)5-6-16-12(8)10(13(17)18)11(15-16)7(2)3/h5-7H,4H2,1-3H3,(H,17,18). The number of nitrogens with zero attached hydrogens (tertiary/aromatic N) is 2. The van der Waals surface area contributed by atoms with Crippen LogP contribution in [0.25, 0.3) is 5.52 Å². The summed E-state index contributed by atoms with van der Waals surface area (Å²) in [5, 5.41) is 13.9. The summed E-state index contributed by atoms with van der Waals surface area (Å²) in [6.07, 6.45) is 2.63. The van der Waals surface area contributed by atoms with Gasteiger partial charge in [-0.1, -0.05) is 20.8 Å². The predicted molar refractivity (Wildman–Crippen MR) is 78.3 cm³/mol. The summed E-state index contributed by atoms with van der Waals surface area (Å²) >= 11 is 2.24. The summed E-state index contributed by atoms with van der Waals surface area (Å²) in [5.74, 6) is -0.802. The molecule has 1 N–H and O–H groups in total. The lowest BCUT2D eigenvalue weighted by molar-refractivity contribution is 0.0697. The van der Waals surface area contributed by atoms with Crippen LogP contribution in [0.5, 0.6) is 0 Å². The number of hydrogen-bond donors (Lipinski definition) is 1. The van der Waals surface area contributed by atoms with Crippen molar-refractivity contribution in [3.05, 3.63) is 32.7 Å². The molecule has 0 saturated carbocycles. The zero-order valence-corrected chi connectivity index (χ0v) is 12.7. The van der Waals surface area contributed by atoms with Crippen LogP contribution in [0, 0.1) is 3.57 Å².